The van der Waals surface area contributed by atoms with Crippen molar-refractivity contribution in [2.75, 3.05) is 13.2 Å². The zero-order chi connectivity index (χ0) is 36.5. The molecule has 0 radical (unpaired) electrons. The summed E-state index contributed by atoms with van der Waals surface area (Å²) in [7, 11) is 9.78. The average Bonchev–Trinajstić information content (AvgIpc) is 3.06. The van der Waals surface area contributed by atoms with E-state index in [1.54, 1.807) is 24.6 Å². The van der Waals surface area contributed by atoms with Gasteiger partial charge in [-0.1, -0.05) is 115 Å². The number of halogens is 2. The number of nitrogens with zero attached hydrogens (tertiary/aromatic N) is 2. The van der Waals surface area contributed by atoms with Crippen LogP contribution in [0.2, 0.25) is 0 Å². The molecule has 0 aromatic heterocycles. The molecule has 0 aliphatic rings. The van der Waals surface area contributed by atoms with Crippen LogP contribution in [0.25, 0.3) is 0 Å². The SMILES string of the molecule is C=CCOc1ccccc1N=Cc1cccc(C(C)(C)C)c1O.C=CCOc1ccccc1N=Cc1cccc(C(C)(C)C)c1O.[Cl][Ti][Cl]. The summed E-state index contributed by atoms with van der Waals surface area (Å²) in [5.74, 6) is 1.92. The molecule has 0 saturated heterocycles. The first-order valence-corrected chi connectivity index (χ1v) is 19.9. The number of rotatable bonds is 10. The Labute approximate surface area is 308 Å². The van der Waals surface area contributed by atoms with E-state index in [0.717, 1.165) is 22.5 Å². The second-order valence-corrected chi connectivity index (χ2v) is 15.3. The van der Waals surface area contributed by atoms with Crippen molar-refractivity contribution in [1.29, 1.82) is 0 Å². The van der Waals surface area contributed by atoms with Crippen LogP contribution < -0.4 is 9.47 Å². The predicted molar refractivity (Wildman–Crippen MR) is 204 cm³/mol. The van der Waals surface area contributed by atoms with E-state index in [1.165, 1.54) is 0 Å². The van der Waals surface area contributed by atoms with Crippen molar-refractivity contribution in [2.24, 2.45) is 9.98 Å². The molecule has 4 rings (SSSR count). The fourth-order valence-corrected chi connectivity index (χ4v) is 4.49. The monoisotopic (exact) mass is 736 g/mol. The molecule has 0 bridgehead atoms. The molecule has 0 amide bonds. The zero-order valence-electron chi connectivity index (χ0n) is 29.1. The van der Waals surface area contributed by atoms with Crippen molar-refractivity contribution < 1.29 is 36.7 Å². The molecule has 6 nitrogen and oxygen atoms in total. The van der Waals surface area contributed by atoms with Gasteiger partial charge in [-0.25, -0.2) is 0 Å². The van der Waals surface area contributed by atoms with E-state index in [0.29, 0.717) is 35.8 Å². The van der Waals surface area contributed by atoms with E-state index in [4.69, 9.17) is 28.1 Å². The molecule has 0 spiro atoms. The molecule has 0 saturated carbocycles. The number of ether oxygens (including phenoxy) is 2. The van der Waals surface area contributed by atoms with Crippen LogP contribution in [0.5, 0.6) is 23.0 Å². The molecule has 0 atom stereocenters. The van der Waals surface area contributed by atoms with Crippen LogP contribution in [0, 0.1) is 0 Å². The third-order valence-corrected chi connectivity index (χ3v) is 6.88. The Balaban J connectivity index is 0.000000315. The van der Waals surface area contributed by atoms with Crippen LogP contribution in [-0.2, 0) is 27.9 Å². The van der Waals surface area contributed by atoms with Gasteiger partial charge in [0.15, 0.2) is 0 Å². The Morgan fingerprint density at radius 1 is 0.612 bits per heavy atom. The molecule has 0 aliphatic heterocycles. The topological polar surface area (TPSA) is 83.6 Å². The molecule has 258 valence electrons. The van der Waals surface area contributed by atoms with Gasteiger partial charge < -0.3 is 19.7 Å². The summed E-state index contributed by atoms with van der Waals surface area (Å²) in [6, 6.07) is 26.5. The maximum atomic E-state index is 10.5. The van der Waals surface area contributed by atoms with Gasteiger partial charge in [0.1, 0.15) is 47.6 Å². The van der Waals surface area contributed by atoms with Gasteiger partial charge in [0.05, 0.1) is 0 Å². The van der Waals surface area contributed by atoms with Crippen LogP contribution >= 0.6 is 18.6 Å². The Kier molecular flexibility index (Phi) is 17.4. The van der Waals surface area contributed by atoms with Crippen LogP contribution in [0.3, 0.4) is 0 Å². The number of para-hydroxylation sites is 6. The van der Waals surface area contributed by atoms with Crippen molar-refractivity contribution in [3.8, 4) is 23.0 Å². The van der Waals surface area contributed by atoms with Gasteiger partial charge >= 0.3 is 35.6 Å². The number of hydrogen-bond donors (Lipinski definition) is 2. The minimum atomic E-state index is -0.556. The van der Waals surface area contributed by atoms with Gasteiger partial charge in [-0.15, -0.1) is 0 Å². The van der Waals surface area contributed by atoms with Gasteiger partial charge in [-0.2, -0.15) is 0 Å². The number of aromatic hydroxyl groups is 2. The first-order valence-electron chi connectivity index (χ1n) is 15.6. The summed E-state index contributed by atoms with van der Waals surface area (Å²) >= 11 is -0.556. The van der Waals surface area contributed by atoms with Crippen molar-refractivity contribution in [1.82, 2.24) is 0 Å². The van der Waals surface area contributed by atoms with Gasteiger partial charge in [0, 0.05) is 23.6 Å². The first-order chi connectivity index (χ1) is 23.3. The molecule has 4 aromatic carbocycles. The van der Waals surface area contributed by atoms with E-state index < -0.39 is 17.0 Å². The normalized spacial score (nSPS) is 11.2. The van der Waals surface area contributed by atoms with Gasteiger partial charge in [0.2, 0.25) is 0 Å². The van der Waals surface area contributed by atoms with Crippen LogP contribution in [0.15, 0.2) is 120 Å². The quantitative estimate of drug-likeness (QED) is 0.0964. The standard InChI is InChI=1S/2C20H23NO2.2ClH.Ti/c2*1-5-13-23-18-12-7-6-11-17(18)21-14-15-9-8-10-16(19(15)22)20(2,3)4;;;/h2*5-12,14,22H,1,13H2,2-4H3;2*1H;/q;;;;+2/p-2. The Bertz CT molecular complexity index is 1580. The van der Waals surface area contributed by atoms with Crippen molar-refractivity contribution in [3.63, 3.8) is 0 Å². The molecule has 0 aliphatic carbocycles. The van der Waals surface area contributed by atoms with E-state index in [9.17, 15) is 10.2 Å². The Hall–Kier alpha value is -3.81. The molecular formula is C40H46Cl2N2O4Ti. The van der Waals surface area contributed by atoms with Gasteiger partial charge in [-0.3, -0.25) is 9.98 Å². The third kappa shape index (κ3) is 13.6. The summed E-state index contributed by atoms with van der Waals surface area (Å²) in [6.45, 7) is 20.6. The van der Waals surface area contributed by atoms with E-state index in [2.05, 4.69) is 64.7 Å². The van der Waals surface area contributed by atoms with E-state index in [-0.39, 0.29) is 22.3 Å². The third-order valence-electron chi connectivity index (χ3n) is 6.88. The second-order valence-electron chi connectivity index (χ2n) is 12.7. The van der Waals surface area contributed by atoms with E-state index >= 15 is 0 Å². The zero-order valence-corrected chi connectivity index (χ0v) is 32.2. The predicted octanol–water partition coefficient (Wildman–Crippen LogP) is 11.4. The summed E-state index contributed by atoms with van der Waals surface area (Å²) in [5.41, 5.74) is 4.37. The van der Waals surface area contributed by atoms with E-state index in [1.807, 2.05) is 84.9 Å². The van der Waals surface area contributed by atoms with Crippen LogP contribution in [-0.4, -0.2) is 35.9 Å². The number of benzene rings is 4. The van der Waals surface area contributed by atoms with Crippen molar-refractivity contribution in [3.05, 3.63) is 132 Å². The van der Waals surface area contributed by atoms with Crippen LogP contribution in [0.1, 0.15) is 63.8 Å². The van der Waals surface area contributed by atoms with Crippen molar-refractivity contribution >= 4 is 42.4 Å². The average molecular weight is 738 g/mol. The van der Waals surface area contributed by atoms with Crippen molar-refractivity contribution in [2.45, 2.75) is 52.4 Å². The first kappa shape index (κ1) is 41.4. The molecule has 0 unspecified atom stereocenters. The molecule has 9 heteroatoms. The molecule has 0 heterocycles. The maximum absolute atomic E-state index is 10.5. The summed E-state index contributed by atoms with van der Waals surface area (Å²) in [4.78, 5) is 8.94. The molecule has 4 aromatic rings. The second kappa shape index (κ2) is 20.6. The number of phenolic OH excluding ortho intramolecular Hbond substituents is 2. The number of hydrogen-bond acceptors (Lipinski definition) is 6. The summed E-state index contributed by atoms with van der Waals surface area (Å²) in [5, 5.41) is 21.0. The van der Waals surface area contributed by atoms with Crippen LogP contribution in [0.4, 0.5) is 11.4 Å². The van der Waals surface area contributed by atoms with Gasteiger partial charge in [-0.05, 0) is 58.4 Å². The fourth-order valence-electron chi connectivity index (χ4n) is 4.49. The molecule has 2 N–H and O–H groups in total. The number of aliphatic imine (C=N–C) groups is 2. The minimum absolute atomic E-state index is 0.126. The molecule has 0 fully saturated rings. The Morgan fingerprint density at radius 2 is 0.959 bits per heavy atom. The number of phenols is 2. The summed E-state index contributed by atoms with van der Waals surface area (Å²) in [6.07, 6.45) is 6.72. The summed E-state index contributed by atoms with van der Waals surface area (Å²) < 4.78 is 11.2. The Morgan fingerprint density at radius 3 is 1.29 bits per heavy atom. The molecular weight excluding hydrogens is 691 g/mol. The van der Waals surface area contributed by atoms with Gasteiger partial charge in [0.25, 0.3) is 0 Å². The molecule has 49 heavy (non-hydrogen) atoms. The fraction of sp³-hybridized carbons (Fsp3) is 0.250.